The van der Waals surface area contributed by atoms with Gasteiger partial charge in [-0.1, -0.05) is 6.92 Å². The summed E-state index contributed by atoms with van der Waals surface area (Å²) in [5, 5.41) is 5.98. The van der Waals surface area contributed by atoms with Gasteiger partial charge in [-0.2, -0.15) is 0 Å². The second kappa shape index (κ2) is 4.82. The normalized spacial score (nSPS) is 30.7. The summed E-state index contributed by atoms with van der Waals surface area (Å²) in [5.41, 5.74) is 0. The molecule has 0 spiro atoms. The fourth-order valence-electron chi connectivity index (χ4n) is 2.50. The second-order valence-electron chi connectivity index (χ2n) is 4.38. The highest BCUT2D eigenvalue weighted by atomic mass is 16.2. The monoisotopic (exact) mass is 225 g/mol. The van der Waals surface area contributed by atoms with E-state index in [1.54, 1.807) is 4.90 Å². The quantitative estimate of drug-likeness (QED) is 0.679. The fraction of sp³-hybridized carbons (Fsp3) is 0.818. The maximum atomic E-state index is 12.0. The van der Waals surface area contributed by atoms with Gasteiger partial charge in [-0.25, -0.2) is 0 Å². The van der Waals surface area contributed by atoms with Crippen LogP contribution in [0.2, 0.25) is 0 Å². The molecule has 2 unspecified atom stereocenters. The molecule has 2 atom stereocenters. The van der Waals surface area contributed by atoms with Crippen molar-refractivity contribution < 1.29 is 9.59 Å². The van der Waals surface area contributed by atoms with Crippen LogP contribution in [0.15, 0.2) is 0 Å². The topological polar surface area (TPSA) is 61.4 Å². The summed E-state index contributed by atoms with van der Waals surface area (Å²) in [6, 6.07) is -0.315. The van der Waals surface area contributed by atoms with Crippen molar-refractivity contribution in [3.05, 3.63) is 0 Å². The Morgan fingerprint density at radius 2 is 2.25 bits per heavy atom. The van der Waals surface area contributed by atoms with E-state index in [-0.39, 0.29) is 23.9 Å². The van der Waals surface area contributed by atoms with Crippen molar-refractivity contribution in [3.8, 4) is 0 Å². The minimum absolute atomic E-state index is 0.0109. The summed E-state index contributed by atoms with van der Waals surface area (Å²) in [6.45, 7) is 4.23. The summed E-state index contributed by atoms with van der Waals surface area (Å²) in [4.78, 5) is 25.4. The Kier molecular flexibility index (Phi) is 3.43. The zero-order valence-corrected chi connectivity index (χ0v) is 9.66. The molecule has 5 nitrogen and oxygen atoms in total. The van der Waals surface area contributed by atoms with Crippen LogP contribution in [0.3, 0.4) is 0 Å². The Morgan fingerprint density at radius 1 is 1.44 bits per heavy atom. The van der Waals surface area contributed by atoms with Gasteiger partial charge in [0.05, 0.1) is 6.04 Å². The maximum Gasteiger partial charge on any atom is 0.242 e. The van der Waals surface area contributed by atoms with Crippen LogP contribution in [0.25, 0.3) is 0 Å². The van der Waals surface area contributed by atoms with E-state index in [2.05, 4.69) is 10.6 Å². The molecule has 2 saturated heterocycles. The summed E-state index contributed by atoms with van der Waals surface area (Å²) in [7, 11) is 0. The van der Waals surface area contributed by atoms with E-state index < -0.39 is 0 Å². The van der Waals surface area contributed by atoms with E-state index in [0.29, 0.717) is 6.54 Å². The number of hydrogen-bond donors (Lipinski definition) is 2. The van der Waals surface area contributed by atoms with E-state index in [0.717, 1.165) is 32.4 Å². The molecule has 2 heterocycles. The number of rotatable bonds is 3. The lowest BCUT2D eigenvalue weighted by Crippen LogP contribution is -2.52. The molecule has 0 radical (unpaired) electrons. The molecule has 2 aliphatic heterocycles. The number of likely N-dealkylation sites (N-methyl/N-ethyl adjacent to an activating group) is 1. The number of amides is 2. The highest BCUT2D eigenvalue weighted by molar-refractivity contribution is 5.91. The van der Waals surface area contributed by atoms with Crippen molar-refractivity contribution in [2.75, 3.05) is 19.6 Å². The molecular weight excluding hydrogens is 206 g/mol. The van der Waals surface area contributed by atoms with Gasteiger partial charge in [-0.15, -0.1) is 0 Å². The zero-order chi connectivity index (χ0) is 11.5. The van der Waals surface area contributed by atoms with E-state index in [4.69, 9.17) is 0 Å². The molecule has 2 N–H and O–H groups in total. The van der Waals surface area contributed by atoms with Crippen LogP contribution in [0.1, 0.15) is 26.2 Å². The Hall–Kier alpha value is -1.10. The van der Waals surface area contributed by atoms with Gasteiger partial charge < -0.3 is 15.5 Å². The first kappa shape index (κ1) is 11.4. The molecule has 2 aliphatic rings. The Morgan fingerprint density at radius 3 is 2.94 bits per heavy atom. The first-order valence-corrected chi connectivity index (χ1v) is 6.05. The molecule has 0 aromatic carbocycles. The minimum atomic E-state index is -0.232. The Labute approximate surface area is 95.6 Å². The maximum absolute atomic E-state index is 12.0. The third-order valence-electron chi connectivity index (χ3n) is 3.32. The van der Waals surface area contributed by atoms with Gasteiger partial charge in [0, 0.05) is 13.1 Å². The predicted octanol–water partition coefficient (Wildman–Crippen LogP) is -0.525. The molecule has 2 rings (SSSR count). The number of nitrogens with zero attached hydrogens (tertiary/aromatic N) is 1. The molecular formula is C11H19N3O2. The number of carbonyl (C=O) groups excluding carboxylic acids is 2. The Balaban J connectivity index is 2.00. The molecule has 5 heteroatoms. The number of piperidine rings is 1. The molecule has 90 valence electrons. The highest BCUT2D eigenvalue weighted by Gasteiger charge is 2.38. The van der Waals surface area contributed by atoms with Crippen molar-refractivity contribution in [2.24, 2.45) is 0 Å². The SMILES string of the molecule is CCNC1CCN(C2CCCNC2=O)C1=O. The van der Waals surface area contributed by atoms with Crippen LogP contribution < -0.4 is 10.6 Å². The number of likely N-dealkylation sites (tertiary alicyclic amines) is 1. The fourth-order valence-corrected chi connectivity index (χ4v) is 2.50. The van der Waals surface area contributed by atoms with Crippen LogP contribution in [-0.4, -0.2) is 48.4 Å². The van der Waals surface area contributed by atoms with E-state index in [9.17, 15) is 9.59 Å². The average molecular weight is 225 g/mol. The minimum Gasteiger partial charge on any atom is -0.354 e. The van der Waals surface area contributed by atoms with E-state index in [1.165, 1.54) is 0 Å². The first-order valence-electron chi connectivity index (χ1n) is 6.05. The van der Waals surface area contributed by atoms with Gasteiger partial charge >= 0.3 is 0 Å². The molecule has 0 aromatic rings. The largest absolute Gasteiger partial charge is 0.354 e. The average Bonchev–Trinajstić information content (AvgIpc) is 2.62. The standard InChI is InChI=1S/C11H19N3O2/c1-2-12-8-5-7-14(11(8)16)9-4-3-6-13-10(9)15/h8-9,12H,2-7H2,1H3,(H,13,15). The highest BCUT2D eigenvalue weighted by Crippen LogP contribution is 2.19. The summed E-state index contributed by atoms with van der Waals surface area (Å²) in [5.74, 6) is 0.0978. The van der Waals surface area contributed by atoms with Crippen LogP contribution in [0.5, 0.6) is 0 Å². The van der Waals surface area contributed by atoms with Gasteiger partial charge in [0.25, 0.3) is 0 Å². The van der Waals surface area contributed by atoms with Crippen molar-refractivity contribution >= 4 is 11.8 Å². The molecule has 0 aliphatic carbocycles. The van der Waals surface area contributed by atoms with Crippen LogP contribution in [0.4, 0.5) is 0 Å². The lowest BCUT2D eigenvalue weighted by Gasteiger charge is -2.30. The molecule has 0 saturated carbocycles. The summed E-state index contributed by atoms with van der Waals surface area (Å²) < 4.78 is 0. The second-order valence-corrected chi connectivity index (χ2v) is 4.38. The van der Waals surface area contributed by atoms with E-state index >= 15 is 0 Å². The lowest BCUT2D eigenvalue weighted by molar-refractivity contribution is -0.139. The molecule has 2 fully saturated rings. The van der Waals surface area contributed by atoms with Crippen LogP contribution in [-0.2, 0) is 9.59 Å². The third kappa shape index (κ3) is 2.04. The van der Waals surface area contributed by atoms with Crippen molar-refractivity contribution in [1.29, 1.82) is 0 Å². The van der Waals surface area contributed by atoms with Crippen molar-refractivity contribution in [1.82, 2.24) is 15.5 Å². The first-order chi connectivity index (χ1) is 7.74. The molecule has 2 amide bonds. The van der Waals surface area contributed by atoms with Gasteiger partial charge in [0.15, 0.2) is 0 Å². The lowest BCUT2D eigenvalue weighted by atomic mass is 10.1. The van der Waals surface area contributed by atoms with Crippen LogP contribution in [0, 0.1) is 0 Å². The predicted molar refractivity (Wildman–Crippen MR) is 59.8 cm³/mol. The Bertz CT molecular complexity index is 293. The van der Waals surface area contributed by atoms with E-state index in [1.807, 2.05) is 6.92 Å². The summed E-state index contributed by atoms with van der Waals surface area (Å²) >= 11 is 0. The van der Waals surface area contributed by atoms with Gasteiger partial charge in [0.2, 0.25) is 11.8 Å². The smallest absolute Gasteiger partial charge is 0.242 e. The van der Waals surface area contributed by atoms with Gasteiger partial charge in [-0.05, 0) is 25.8 Å². The van der Waals surface area contributed by atoms with Gasteiger partial charge in [0.1, 0.15) is 6.04 Å². The van der Waals surface area contributed by atoms with Gasteiger partial charge in [-0.3, -0.25) is 9.59 Å². The molecule has 0 bridgehead atoms. The van der Waals surface area contributed by atoms with Crippen LogP contribution >= 0.6 is 0 Å². The van der Waals surface area contributed by atoms with Crippen molar-refractivity contribution in [2.45, 2.75) is 38.3 Å². The number of nitrogens with one attached hydrogen (secondary N) is 2. The third-order valence-corrected chi connectivity index (χ3v) is 3.32. The number of carbonyl (C=O) groups is 2. The molecule has 0 aromatic heterocycles. The van der Waals surface area contributed by atoms with Crippen molar-refractivity contribution in [3.63, 3.8) is 0 Å². The zero-order valence-electron chi connectivity index (χ0n) is 9.66. The molecule has 16 heavy (non-hydrogen) atoms. The number of hydrogen-bond acceptors (Lipinski definition) is 3. The summed E-state index contributed by atoms with van der Waals surface area (Å²) in [6.07, 6.45) is 2.58.